The van der Waals surface area contributed by atoms with Crippen LogP contribution in [0.25, 0.3) is 0 Å². The molecule has 0 heterocycles. The van der Waals surface area contributed by atoms with E-state index in [1.807, 2.05) is 19.1 Å². The Labute approximate surface area is 105 Å². The first kappa shape index (κ1) is 13.2. The van der Waals surface area contributed by atoms with Gasteiger partial charge in [0.25, 0.3) is 0 Å². The van der Waals surface area contributed by atoms with Crippen LogP contribution >= 0.6 is 35.0 Å². The van der Waals surface area contributed by atoms with Crippen molar-refractivity contribution in [2.75, 3.05) is 0 Å². The minimum Gasteiger partial charge on any atom is -0.392 e. The number of thioether (sulfide) groups is 1. The molecule has 1 aromatic rings. The first-order chi connectivity index (χ1) is 7.00. The van der Waals surface area contributed by atoms with Crippen molar-refractivity contribution in [3.8, 4) is 0 Å². The summed E-state index contributed by atoms with van der Waals surface area (Å²) in [6.45, 7) is 3.79. The number of hydrogen-bond acceptors (Lipinski definition) is 2. The fourth-order valence-electron chi connectivity index (χ4n) is 0.999. The van der Waals surface area contributed by atoms with Gasteiger partial charge in [0, 0.05) is 21.0 Å². The molecule has 0 aliphatic heterocycles. The van der Waals surface area contributed by atoms with Crippen molar-refractivity contribution in [3.05, 3.63) is 33.8 Å². The molecule has 1 nitrogen and oxygen atoms in total. The van der Waals surface area contributed by atoms with Gasteiger partial charge in [-0.05, 0) is 24.6 Å². The van der Waals surface area contributed by atoms with Crippen LogP contribution in [0.1, 0.15) is 19.4 Å². The zero-order valence-electron chi connectivity index (χ0n) is 8.71. The van der Waals surface area contributed by atoms with E-state index in [9.17, 15) is 5.11 Å². The SMILES string of the molecule is CC(O)C(C)SCc1ccc(Cl)cc1Cl. The molecule has 1 rings (SSSR count). The normalized spacial score (nSPS) is 15.0. The summed E-state index contributed by atoms with van der Waals surface area (Å²) in [4.78, 5) is 0. The molecular weight excluding hydrogens is 251 g/mol. The lowest BCUT2D eigenvalue weighted by Gasteiger charge is -2.14. The van der Waals surface area contributed by atoms with Crippen LogP contribution in [0.2, 0.25) is 10.0 Å². The van der Waals surface area contributed by atoms with Gasteiger partial charge < -0.3 is 5.11 Å². The quantitative estimate of drug-likeness (QED) is 0.888. The highest BCUT2D eigenvalue weighted by molar-refractivity contribution is 7.99. The van der Waals surface area contributed by atoms with Gasteiger partial charge in [0.2, 0.25) is 0 Å². The molecule has 0 saturated carbocycles. The summed E-state index contributed by atoms with van der Waals surface area (Å²) in [6, 6.07) is 5.49. The molecule has 4 heteroatoms. The Kier molecular flexibility index (Phi) is 5.27. The van der Waals surface area contributed by atoms with Gasteiger partial charge in [0.05, 0.1) is 6.10 Å². The van der Waals surface area contributed by atoms with E-state index in [2.05, 4.69) is 0 Å². The molecule has 0 fully saturated rings. The number of hydrogen-bond donors (Lipinski definition) is 1. The van der Waals surface area contributed by atoms with Crippen molar-refractivity contribution in [3.63, 3.8) is 0 Å². The smallest absolute Gasteiger partial charge is 0.0628 e. The predicted molar refractivity (Wildman–Crippen MR) is 68.9 cm³/mol. The van der Waals surface area contributed by atoms with Crippen molar-refractivity contribution in [1.29, 1.82) is 0 Å². The zero-order chi connectivity index (χ0) is 11.4. The highest BCUT2D eigenvalue weighted by Gasteiger charge is 2.10. The van der Waals surface area contributed by atoms with Crippen LogP contribution < -0.4 is 0 Å². The van der Waals surface area contributed by atoms with Gasteiger partial charge in [-0.25, -0.2) is 0 Å². The van der Waals surface area contributed by atoms with Gasteiger partial charge in [-0.15, -0.1) is 0 Å². The van der Waals surface area contributed by atoms with Crippen molar-refractivity contribution >= 4 is 35.0 Å². The summed E-state index contributed by atoms with van der Waals surface area (Å²) in [7, 11) is 0. The van der Waals surface area contributed by atoms with E-state index >= 15 is 0 Å². The Bertz CT molecular complexity index is 328. The third kappa shape index (κ3) is 4.23. The molecule has 84 valence electrons. The van der Waals surface area contributed by atoms with Crippen molar-refractivity contribution in [2.45, 2.75) is 31.0 Å². The molecule has 2 unspecified atom stereocenters. The Morgan fingerprint density at radius 1 is 1.33 bits per heavy atom. The van der Waals surface area contributed by atoms with Gasteiger partial charge in [-0.2, -0.15) is 11.8 Å². The van der Waals surface area contributed by atoms with E-state index in [4.69, 9.17) is 23.2 Å². The maximum atomic E-state index is 9.34. The highest BCUT2D eigenvalue weighted by Crippen LogP contribution is 2.27. The predicted octanol–water partition coefficient (Wildman–Crippen LogP) is 4.00. The lowest BCUT2D eigenvalue weighted by molar-refractivity contribution is 0.196. The minimum atomic E-state index is -0.305. The number of rotatable bonds is 4. The molecule has 0 aromatic heterocycles. The molecule has 0 spiro atoms. The molecule has 0 radical (unpaired) electrons. The second-order valence-corrected chi connectivity index (χ2v) is 5.70. The highest BCUT2D eigenvalue weighted by atomic mass is 35.5. The number of halogens is 2. The maximum Gasteiger partial charge on any atom is 0.0628 e. The molecule has 1 N–H and O–H groups in total. The second kappa shape index (κ2) is 6.00. The number of benzene rings is 1. The summed E-state index contributed by atoms with van der Waals surface area (Å²) in [5.74, 6) is 0.794. The van der Waals surface area contributed by atoms with Crippen LogP contribution in [-0.4, -0.2) is 16.5 Å². The molecule has 0 bridgehead atoms. The zero-order valence-corrected chi connectivity index (χ0v) is 11.0. The lowest BCUT2D eigenvalue weighted by Crippen LogP contribution is -2.15. The maximum absolute atomic E-state index is 9.34. The molecule has 0 aliphatic rings. The van der Waals surface area contributed by atoms with E-state index in [0.717, 1.165) is 11.3 Å². The Hall–Kier alpha value is 0.110. The largest absolute Gasteiger partial charge is 0.392 e. The summed E-state index contributed by atoms with van der Waals surface area (Å²) in [5, 5.41) is 10.9. The van der Waals surface area contributed by atoms with E-state index in [-0.39, 0.29) is 11.4 Å². The lowest BCUT2D eigenvalue weighted by atomic mass is 10.2. The summed E-state index contributed by atoms with van der Waals surface area (Å²) < 4.78 is 0. The molecule has 0 aliphatic carbocycles. The first-order valence-electron chi connectivity index (χ1n) is 4.74. The fraction of sp³-hybridized carbons (Fsp3) is 0.455. The van der Waals surface area contributed by atoms with Gasteiger partial charge in [0.15, 0.2) is 0 Å². The van der Waals surface area contributed by atoms with E-state index in [0.29, 0.717) is 10.0 Å². The first-order valence-corrected chi connectivity index (χ1v) is 6.54. The Balaban J connectivity index is 2.58. The van der Waals surface area contributed by atoms with Crippen LogP contribution in [-0.2, 0) is 5.75 Å². The molecular formula is C11H14Cl2OS. The van der Waals surface area contributed by atoms with Gasteiger partial charge >= 0.3 is 0 Å². The third-order valence-electron chi connectivity index (χ3n) is 2.20. The van der Waals surface area contributed by atoms with Gasteiger partial charge in [0.1, 0.15) is 0 Å². The molecule has 1 aromatic carbocycles. The molecule has 15 heavy (non-hydrogen) atoms. The molecule has 0 saturated heterocycles. The van der Waals surface area contributed by atoms with Crippen LogP contribution in [0.5, 0.6) is 0 Å². The minimum absolute atomic E-state index is 0.205. The average Bonchev–Trinajstić information content (AvgIpc) is 2.15. The number of aliphatic hydroxyl groups excluding tert-OH is 1. The standard InChI is InChI=1S/C11H14Cl2OS/c1-7(14)8(2)15-6-9-3-4-10(12)5-11(9)13/h3-5,7-8,14H,6H2,1-2H3. The van der Waals surface area contributed by atoms with Crippen molar-refractivity contribution in [1.82, 2.24) is 0 Å². The molecule has 0 amide bonds. The van der Waals surface area contributed by atoms with Crippen molar-refractivity contribution in [2.24, 2.45) is 0 Å². The van der Waals surface area contributed by atoms with Crippen LogP contribution in [0.4, 0.5) is 0 Å². The van der Waals surface area contributed by atoms with Crippen molar-refractivity contribution < 1.29 is 5.11 Å². The van der Waals surface area contributed by atoms with E-state index in [1.165, 1.54) is 0 Å². The average molecular weight is 265 g/mol. The van der Waals surface area contributed by atoms with E-state index < -0.39 is 0 Å². The van der Waals surface area contributed by atoms with Crippen LogP contribution in [0.15, 0.2) is 18.2 Å². The second-order valence-electron chi connectivity index (χ2n) is 3.49. The summed E-state index contributed by atoms with van der Waals surface area (Å²) in [5.41, 5.74) is 1.05. The van der Waals surface area contributed by atoms with Gasteiger partial charge in [-0.1, -0.05) is 36.2 Å². The summed E-state index contributed by atoms with van der Waals surface area (Å²) >= 11 is 13.5. The molecule has 2 atom stereocenters. The fourth-order valence-corrected chi connectivity index (χ4v) is 2.53. The van der Waals surface area contributed by atoms with Crippen LogP contribution in [0, 0.1) is 0 Å². The van der Waals surface area contributed by atoms with Crippen LogP contribution in [0.3, 0.4) is 0 Å². The third-order valence-corrected chi connectivity index (χ3v) is 4.18. The summed E-state index contributed by atoms with van der Waals surface area (Å²) in [6.07, 6.45) is -0.305. The monoisotopic (exact) mass is 264 g/mol. The number of aliphatic hydroxyl groups is 1. The van der Waals surface area contributed by atoms with E-state index in [1.54, 1.807) is 24.8 Å². The Morgan fingerprint density at radius 3 is 2.53 bits per heavy atom. The van der Waals surface area contributed by atoms with Gasteiger partial charge in [-0.3, -0.25) is 0 Å². The topological polar surface area (TPSA) is 20.2 Å². The Morgan fingerprint density at radius 2 is 2.00 bits per heavy atom.